The number of amides is 1. The highest BCUT2D eigenvalue weighted by Crippen LogP contribution is 2.22. The molecule has 0 heterocycles. The lowest BCUT2D eigenvalue weighted by Gasteiger charge is -2.35. The Morgan fingerprint density at radius 1 is 1.56 bits per heavy atom. The molecule has 1 fully saturated rings. The maximum atomic E-state index is 11.8. The highest BCUT2D eigenvalue weighted by molar-refractivity contribution is 5.78. The van der Waals surface area contributed by atoms with E-state index < -0.39 is 0 Å². The second-order valence-electron chi connectivity index (χ2n) is 4.34. The molecule has 1 aliphatic carbocycles. The van der Waals surface area contributed by atoms with Crippen LogP contribution in [0.2, 0.25) is 0 Å². The summed E-state index contributed by atoms with van der Waals surface area (Å²) in [5.74, 6) is 0.0350. The van der Waals surface area contributed by atoms with Crippen molar-refractivity contribution in [1.82, 2.24) is 10.2 Å². The number of aliphatic hydroxyl groups excluding tert-OH is 1. The van der Waals surface area contributed by atoms with Crippen molar-refractivity contribution in [3.8, 4) is 0 Å². The average Bonchev–Trinajstić information content (AvgIpc) is 2.29. The van der Waals surface area contributed by atoms with Gasteiger partial charge in [-0.2, -0.15) is 0 Å². The second-order valence-corrected chi connectivity index (χ2v) is 4.34. The number of hydrogen-bond donors (Lipinski definition) is 2. The van der Waals surface area contributed by atoms with Crippen molar-refractivity contribution in [3.05, 3.63) is 12.7 Å². The molecule has 0 bridgehead atoms. The van der Waals surface area contributed by atoms with Crippen LogP contribution in [-0.4, -0.2) is 48.2 Å². The maximum absolute atomic E-state index is 11.8. The van der Waals surface area contributed by atoms with Gasteiger partial charge in [0.05, 0.1) is 18.7 Å². The third kappa shape index (κ3) is 3.61. The molecule has 0 spiro atoms. The minimum Gasteiger partial charge on any atom is -0.391 e. The van der Waals surface area contributed by atoms with E-state index in [4.69, 9.17) is 0 Å². The largest absolute Gasteiger partial charge is 0.391 e. The number of carbonyl (C=O) groups is 1. The van der Waals surface area contributed by atoms with E-state index in [0.717, 1.165) is 25.7 Å². The Labute approximate surface area is 97.3 Å². The Kier molecular flexibility index (Phi) is 5.49. The zero-order valence-electron chi connectivity index (χ0n) is 9.98. The summed E-state index contributed by atoms with van der Waals surface area (Å²) in [4.78, 5) is 13.5. The summed E-state index contributed by atoms with van der Waals surface area (Å²) < 4.78 is 0. The van der Waals surface area contributed by atoms with Gasteiger partial charge in [0.1, 0.15) is 0 Å². The van der Waals surface area contributed by atoms with Gasteiger partial charge in [0.15, 0.2) is 0 Å². The second kappa shape index (κ2) is 6.66. The van der Waals surface area contributed by atoms with Gasteiger partial charge >= 0.3 is 0 Å². The Morgan fingerprint density at radius 3 is 2.88 bits per heavy atom. The van der Waals surface area contributed by atoms with Crippen LogP contribution in [0.15, 0.2) is 12.7 Å². The van der Waals surface area contributed by atoms with Gasteiger partial charge in [-0.15, -0.1) is 6.58 Å². The quantitative estimate of drug-likeness (QED) is 0.531. The topological polar surface area (TPSA) is 52.6 Å². The van der Waals surface area contributed by atoms with Gasteiger partial charge in [0.25, 0.3) is 0 Å². The van der Waals surface area contributed by atoms with Crippen molar-refractivity contribution >= 4 is 5.91 Å². The Hall–Kier alpha value is -0.870. The number of rotatable bonds is 5. The van der Waals surface area contributed by atoms with Crippen LogP contribution >= 0.6 is 0 Å². The molecule has 2 N–H and O–H groups in total. The molecule has 1 aliphatic rings. The zero-order valence-corrected chi connectivity index (χ0v) is 9.98. The minimum atomic E-state index is -0.359. The summed E-state index contributed by atoms with van der Waals surface area (Å²) in [5, 5.41) is 12.8. The van der Waals surface area contributed by atoms with Gasteiger partial charge in [0.2, 0.25) is 5.91 Å². The molecule has 4 heteroatoms. The lowest BCUT2D eigenvalue weighted by molar-refractivity contribution is -0.134. The van der Waals surface area contributed by atoms with Gasteiger partial charge in [-0.05, 0) is 12.8 Å². The van der Waals surface area contributed by atoms with Crippen LogP contribution < -0.4 is 5.32 Å². The van der Waals surface area contributed by atoms with E-state index in [2.05, 4.69) is 11.9 Å². The van der Waals surface area contributed by atoms with Gasteiger partial charge in [0, 0.05) is 13.6 Å². The van der Waals surface area contributed by atoms with E-state index in [-0.39, 0.29) is 18.1 Å². The third-order valence-corrected chi connectivity index (χ3v) is 3.15. The predicted octanol–water partition coefficient (Wildman–Crippen LogP) is 0.524. The van der Waals surface area contributed by atoms with Crippen molar-refractivity contribution in [1.29, 1.82) is 0 Å². The summed E-state index contributed by atoms with van der Waals surface area (Å²) in [7, 11) is 1.77. The van der Waals surface area contributed by atoms with Crippen molar-refractivity contribution < 1.29 is 9.90 Å². The summed E-state index contributed by atoms with van der Waals surface area (Å²) in [6.45, 7) is 4.52. The van der Waals surface area contributed by atoms with Crippen LogP contribution in [0.5, 0.6) is 0 Å². The third-order valence-electron chi connectivity index (χ3n) is 3.15. The Morgan fingerprint density at radius 2 is 2.25 bits per heavy atom. The lowest BCUT2D eigenvalue weighted by atomic mass is 9.91. The monoisotopic (exact) mass is 226 g/mol. The highest BCUT2D eigenvalue weighted by atomic mass is 16.3. The van der Waals surface area contributed by atoms with Gasteiger partial charge in [-0.25, -0.2) is 0 Å². The molecule has 0 aliphatic heterocycles. The average molecular weight is 226 g/mol. The first-order valence-electron chi connectivity index (χ1n) is 5.92. The minimum absolute atomic E-state index is 0.00761. The smallest absolute Gasteiger partial charge is 0.236 e. The molecule has 2 unspecified atom stereocenters. The van der Waals surface area contributed by atoms with E-state index in [1.54, 1.807) is 18.0 Å². The van der Waals surface area contributed by atoms with Gasteiger partial charge in [-0.1, -0.05) is 18.9 Å². The number of likely N-dealkylation sites (N-methyl/N-ethyl adjacent to an activating group) is 1. The van der Waals surface area contributed by atoms with E-state index in [1.165, 1.54) is 0 Å². The molecular formula is C12H22N2O2. The van der Waals surface area contributed by atoms with Crippen LogP contribution in [0.3, 0.4) is 0 Å². The molecule has 1 amide bonds. The molecule has 2 atom stereocenters. The van der Waals surface area contributed by atoms with E-state index in [0.29, 0.717) is 13.1 Å². The molecule has 16 heavy (non-hydrogen) atoms. The predicted molar refractivity (Wildman–Crippen MR) is 64.1 cm³/mol. The first-order chi connectivity index (χ1) is 7.66. The highest BCUT2D eigenvalue weighted by Gasteiger charge is 2.28. The molecule has 92 valence electrons. The van der Waals surface area contributed by atoms with Gasteiger partial charge in [-0.3, -0.25) is 4.79 Å². The van der Waals surface area contributed by atoms with Gasteiger partial charge < -0.3 is 15.3 Å². The molecule has 0 saturated heterocycles. The molecule has 1 saturated carbocycles. The SMILES string of the molecule is C=CCNCC(=O)N(C)C1CCCCC1O. The van der Waals surface area contributed by atoms with Crippen LogP contribution in [-0.2, 0) is 4.79 Å². The molecule has 0 aromatic carbocycles. The number of carbonyl (C=O) groups excluding carboxylic acids is 1. The molecule has 0 aromatic rings. The Bertz CT molecular complexity index is 243. The van der Waals surface area contributed by atoms with Crippen LogP contribution in [0, 0.1) is 0 Å². The van der Waals surface area contributed by atoms with E-state index >= 15 is 0 Å². The van der Waals surface area contributed by atoms with Crippen molar-refractivity contribution in [2.45, 2.75) is 37.8 Å². The van der Waals surface area contributed by atoms with Crippen LogP contribution in [0.1, 0.15) is 25.7 Å². The number of aliphatic hydroxyl groups is 1. The van der Waals surface area contributed by atoms with Crippen LogP contribution in [0.4, 0.5) is 0 Å². The Balaban J connectivity index is 2.38. The van der Waals surface area contributed by atoms with E-state index in [9.17, 15) is 9.90 Å². The molecule has 4 nitrogen and oxygen atoms in total. The van der Waals surface area contributed by atoms with Crippen LogP contribution in [0.25, 0.3) is 0 Å². The standard InChI is InChI=1S/C12H22N2O2/c1-3-8-13-9-12(16)14(2)10-6-4-5-7-11(10)15/h3,10-11,13,15H,1,4-9H2,2H3. The number of nitrogens with one attached hydrogen (secondary N) is 1. The summed E-state index contributed by atoms with van der Waals surface area (Å²) >= 11 is 0. The zero-order chi connectivity index (χ0) is 12.0. The number of hydrogen-bond acceptors (Lipinski definition) is 3. The maximum Gasteiger partial charge on any atom is 0.236 e. The fourth-order valence-electron chi connectivity index (χ4n) is 2.13. The first kappa shape index (κ1) is 13.2. The molecule has 0 radical (unpaired) electrons. The van der Waals surface area contributed by atoms with E-state index in [1.807, 2.05) is 0 Å². The number of nitrogens with zero attached hydrogens (tertiary/aromatic N) is 1. The normalized spacial score (nSPS) is 25.1. The molecule has 0 aromatic heterocycles. The molecule has 1 rings (SSSR count). The summed E-state index contributed by atoms with van der Waals surface area (Å²) in [5.41, 5.74) is 0. The van der Waals surface area contributed by atoms with Crippen molar-refractivity contribution in [2.75, 3.05) is 20.1 Å². The van der Waals surface area contributed by atoms with Crippen molar-refractivity contribution in [2.24, 2.45) is 0 Å². The first-order valence-corrected chi connectivity index (χ1v) is 5.92. The molecular weight excluding hydrogens is 204 g/mol. The summed E-state index contributed by atoms with van der Waals surface area (Å²) in [6.07, 6.45) is 5.24. The summed E-state index contributed by atoms with van der Waals surface area (Å²) in [6, 6.07) is -0.00761. The van der Waals surface area contributed by atoms with Crippen molar-refractivity contribution in [3.63, 3.8) is 0 Å². The fourth-order valence-corrected chi connectivity index (χ4v) is 2.13. The fraction of sp³-hybridized carbons (Fsp3) is 0.750. The lowest BCUT2D eigenvalue weighted by Crippen LogP contribution is -2.48.